The number of amides is 1. The molecule has 0 aliphatic carbocycles. The Hall–Kier alpha value is -2.40. The number of hydrogen-bond donors (Lipinski definition) is 2. The summed E-state index contributed by atoms with van der Waals surface area (Å²) in [6, 6.07) is 13.7. The Morgan fingerprint density at radius 2 is 2.00 bits per heavy atom. The van der Waals surface area contributed by atoms with Gasteiger partial charge in [-0.3, -0.25) is 15.1 Å². The van der Waals surface area contributed by atoms with Gasteiger partial charge in [-0.25, -0.2) is 0 Å². The average Bonchev–Trinajstić information content (AvgIpc) is 2.88. The van der Waals surface area contributed by atoms with Crippen molar-refractivity contribution in [2.45, 2.75) is 6.04 Å². The van der Waals surface area contributed by atoms with Crippen molar-refractivity contribution in [1.82, 2.24) is 10.6 Å². The molecule has 5 nitrogen and oxygen atoms in total. The van der Waals surface area contributed by atoms with E-state index >= 15 is 0 Å². The van der Waals surface area contributed by atoms with Crippen LogP contribution in [0.2, 0.25) is 0 Å². The summed E-state index contributed by atoms with van der Waals surface area (Å²) in [7, 11) is 1.62. The summed E-state index contributed by atoms with van der Waals surface area (Å²) in [6.45, 7) is 1.05. The summed E-state index contributed by atoms with van der Waals surface area (Å²) in [4.78, 5) is 16.3. The number of nitrogens with zero attached hydrogens (tertiary/aromatic N) is 1. The van der Waals surface area contributed by atoms with Crippen LogP contribution in [0.1, 0.15) is 11.6 Å². The summed E-state index contributed by atoms with van der Waals surface area (Å²) in [5.41, 5.74) is 0.933. The molecular weight excluding hydrogens is 266 g/mol. The largest absolute Gasteiger partial charge is 0.383 e. The van der Waals surface area contributed by atoms with Gasteiger partial charge in [0.05, 0.1) is 13.2 Å². The molecule has 1 aliphatic rings. The first-order valence-corrected chi connectivity index (χ1v) is 6.87. The number of methoxy groups -OCH3 is 1. The predicted molar refractivity (Wildman–Crippen MR) is 82.1 cm³/mol. The number of fused-ring (bicyclic) bond motifs is 1. The molecule has 0 saturated carbocycles. The van der Waals surface area contributed by atoms with Crippen LogP contribution in [0.4, 0.5) is 0 Å². The van der Waals surface area contributed by atoms with Crippen LogP contribution in [0.15, 0.2) is 47.5 Å². The maximum Gasteiger partial charge on any atom is 0.253 e. The molecule has 1 saturated heterocycles. The maximum absolute atomic E-state index is 12.1. The Kier molecular flexibility index (Phi) is 3.83. The fraction of sp³-hybridized carbons (Fsp3) is 0.250. The van der Waals surface area contributed by atoms with Crippen LogP contribution in [0.3, 0.4) is 0 Å². The van der Waals surface area contributed by atoms with E-state index in [1.807, 2.05) is 36.4 Å². The summed E-state index contributed by atoms with van der Waals surface area (Å²) < 4.78 is 4.94. The molecule has 21 heavy (non-hydrogen) atoms. The highest BCUT2D eigenvalue weighted by molar-refractivity contribution is 6.07. The second-order valence-electron chi connectivity index (χ2n) is 4.90. The average molecular weight is 283 g/mol. The van der Waals surface area contributed by atoms with Crippen LogP contribution in [0, 0.1) is 0 Å². The highest BCUT2D eigenvalue weighted by Gasteiger charge is 2.29. The van der Waals surface area contributed by atoms with Crippen molar-refractivity contribution in [3.63, 3.8) is 0 Å². The Morgan fingerprint density at radius 1 is 1.19 bits per heavy atom. The minimum absolute atomic E-state index is 0.0820. The van der Waals surface area contributed by atoms with Crippen LogP contribution < -0.4 is 10.6 Å². The fourth-order valence-electron chi connectivity index (χ4n) is 2.38. The zero-order chi connectivity index (χ0) is 14.7. The number of guanidine groups is 1. The van der Waals surface area contributed by atoms with E-state index in [2.05, 4.69) is 21.7 Å². The van der Waals surface area contributed by atoms with Gasteiger partial charge in [0.2, 0.25) is 0 Å². The molecule has 108 valence electrons. The molecule has 0 aromatic heterocycles. The van der Waals surface area contributed by atoms with Crippen LogP contribution in [0.25, 0.3) is 10.8 Å². The van der Waals surface area contributed by atoms with Gasteiger partial charge in [-0.05, 0) is 22.4 Å². The Labute approximate surface area is 123 Å². The monoisotopic (exact) mass is 283 g/mol. The van der Waals surface area contributed by atoms with Gasteiger partial charge in [-0.2, -0.15) is 0 Å². The van der Waals surface area contributed by atoms with Gasteiger partial charge in [-0.15, -0.1) is 0 Å². The van der Waals surface area contributed by atoms with E-state index in [9.17, 15) is 4.79 Å². The highest BCUT2D eigenvalue weighted by Crippen LogP contribution is 2.22. The number of rotatable bonds is 4. The minimum Gasteiger partial charge on any atom is -0.383 e. The first-order chi connectivity index (χ1) is 10.3. The van der Waals surface area contributed by atoms with Gasteiger partial charge in [0.25, 0.3) is 5.91 Å². The number of carbonyl (C=O) groups is 1. The molecule has 1 heterocycles. The van der Waals surface area contributed by atoms with Crippen molar-refractivity contribution >= 4 is 22.6 Å². The van der Waals surface area contributed by atoms with Crippen LogP contribution >= 0.6 is 0 Å². The van der Waals surface area contributed by atoms with Crippen molar-refractivity contribution < 1.29 is 9.53 Å². The molecule has 1 amide bonds. The standard InChI is InChI=1S/C16H17N3O2/c1-21-9-8-17-16-18-14(15(20)19-16)13-7-6-11-4-2-3-5-12(11)10-13/h2-7,10,14H,8-9H2,1H3,(H2,17,18,19,20). The molecule has 0 radical (unpaired) electrons. The molecular formula is C16H17N3O2. The maximum atomic E-state index is 12.1. The van der Waals surface area contributed by atoms with E-state index < -0.39 is 6.04 Å². The highest BCUT2D eigenvalue weighted by atomic mass is 16.5. The molecule has 2 N–H and O–H groups in total. The van der Waals surface area contributed by atoms with E-state index in [1.54, 1.807) is 7.11 Å². The van der Waals surface area contributed by atoms with E-state index in [0.717, 1.165) is 16.3 Å². The third kappa shape index (κ3) is 2.87. The summed E-state index contributed by atoms with van der Waals surface area (Å²) in [5.74, 6) is 0.427. The number of benzene rings is 2. The van der Waals surface area contributed by atoms with Crippen LogP contribution in [-0.4, -0.2) is 32.1 Å². The van der Waals surface area contributed by atoms with Gasteiger partial charge in [0.15, 0.2) is 5.96 Å². The second-order valence-corrected chi connectivity index (χ2v) is 4.90. The van der Waals surface area contributed by atoms with Crippen molar-refractivity contribution in [3.05, 3.63) is 48.0 Å². The number of aliphatic imine (C=N–C) groups is 1. The number of hydrogen-bond acceptors (Lipinski definition) is 3. The molecule has 1 unspecified atom stereocenters. The lowest BCUT2D eigenvalue weighted by Crippen LogP contribution is -2.26. The van der Waals surface area contributed by atoms with E-state index in [-0.39, 0.29) is 5.91 Å². The smallest absolute Gasteiger partial charge is 0.253 e. The molecule has 2 aromatic carbocycles. The third-order valence-corrected chi connectivity index (χ3v) is 3.46. The summed E-state index contributed by atoms with van der Waals surface area (Å²) in [5, 5.41) is 8.15. The minimum atomic E-state index is -0.393. The van der Waals surface area contributed by atoms with Gasteiger partial charge in [-0.1, -0.05) is 36.4 Å². The lowest BCUT2D eigenvalue weighted by atomic mass is 10.0. The van der Waals surface area contributed by atoms with Gasteiger partial charge in [0.1, 0.15) is 6.04 Å². The molecule has 2 aromatic rings. The lowest BCUT2D eigenvalue weighted by molar-refractivity contribution is -0.120. The predicted octanol–water partition coefficient (Wildman–Crippen LogP) is 1.60. The quantitative estimate of drug-likeness (QED) is 0.838. The second kappa shape index (κ2) is 5.93. The van der Waals surface area contributed by atoms with Gasteiger partial charge >= 0.3 is 0 Å². The Balaban J connectivity index is 1.82. The zero-order valence-electron chi connectivity index (χ0n) is 11.8. The molecule has 1 atom stereocenters. The molecule has 3 rings (SSSR count). The van der Waals surface area contributed by atoms with Crippen molar-refractivity contribution in [2.24, 2.45) is 4.99 Å². The van der Waals surface area contributed by atoms with Crippen molar-refractivity contribution in [2.75, 3.05) is 20.3 Å². The van der Waals surface area contributed by atoms with Gasteiger partial charge in [0, 0.05) is 7.11 Å². The van der Waals surface area contributed by atoms with E-state index in [4.69, 9.17) is 4.74 Å². The van der Waals surface area contributed by atoms with Crippen molar-refractivity contribution in [3.8, 4) is 0 Å². The van der Waals surface area contributed by atoms with Crippen LogP contribution in [-0.2, 0) is 9.53 Å². The topological polar surface area (TPSA) is 62.7 Å². The Morgan fingerprint density at radius 3 is 2.81 bits per heavy atom. The van der Waals surface area contributed by atoms with E-state index in [0.29, 0.717) is 19.1 Å². The zero-order valence-corrected chi connectivity index (χ0v) is 11.8. The first-order valence-electron chi connectivity index (χ1n) is 6.87. The molecule has 5 heteroatoms. The fourth-order valence-corrected chi connectivity index (χ4v) is 2.38. The van der Waals surface area contributed by atoms with Crippen molar-refractivity contribution in [1.29, 1.82) is 0 Å². The molecule has 1 aliphatic heterocycles. The first kappa shape index (κ1) is 13.6. The number of nitrogens with one attached hydrogen (secondary N) is 2. The third-order valence-electron chi connectivity index (χ3n) is 3.46. The lowest BCUT2D eigenvalue weighted by Gasteiger charge is -2.09. The number of carbonyl (C=O) groups excluding carboxylic acids is 1. The number of ether oxygens (including phenoxy) is 1. The molecule has 0 bridgehead atoms. The Bertz CT molecular complexity index is 697. The molecule has 1 fully saturated rings. The van der Waals surface area contributed by atoms with E-state index in [1.165, 1.54) is 0 Å². The SMILES string of the molecule is COCCN=C1NC(=O)C(c2ccc3ccccc3c2)N1. The van der Waals surface area contributed by atoms with Gasteiger partial charge < -0.3 is 10.1 Å². The molecule has 0 spiro atoms. The van der Waals surface area contributed by atoms with Crippen LogP contribution in [0.5, 0.6) is 0 Å². The normalized spacial score (nSPS) is 19.8. The summed E-state index contributed by atoms with van der Waals surface area (Å²) >= 11 is 0. The summed E-state index contributed by atoms with van der Waals surface area (Å²) in [6.07, 6.45) is 0.